The van der Waals surface area contributed by atoms with Crippen LogP contribution in [0.5, 0.6) is 0 Å². The number of piperazine rings is 1. The highest BCUT2D eigenvalue weighted by Gasteiger charge is 2.17. The lowest BCUT2D eigenvalue weighted by Crippen LogP contribution is -2.46. The average Bonchev–Trinajstić information content (AvgIpc) is 2.90. The Morgan fingerprint density at radius 3 is 2.85 bits per heavy atom. The number of benzene rings is 1. The minimum Gasteiger partial charge on any atom is -0.361 e. The van der Waals surface area contributed by atoms with Crippen LogP contribution in [0.3, 0.4) is 0 Å². The summed E-state index contributed by atoms with van der Waals surface area (Å²) in [7, 11) is 0. The fourth-order valence-corrected chi connectivity index (χ4v) is 2.78. The van der Waals surface area contributed by atoms with Crippen LogP contribution in [0, 0.1) is 0 Å². The number of amides is 1. The Bertz CT molecular complexity index is 611. The summed E-state index contributed by atoms with van der Waals surface area (Å²) >= 11 is 0. The molecule has 0 aliphatic carbocycles. The Balaban J connectivity index is 1.81. The number of aromatic amines is 1. The molecule has 3 rings (SSSR count). The van der Waals surface area contributed by atoms with Crippen LogP contribution in [-0.4, -0.2) is 42.0 Å². The fraction of sp³-hybridized carbons (Fsp3) is 0.438. The molecule has 1 fully saturated rings. The molecule has 2 N–H and O–H groups in total. The average molecular weight is 271 g/mol. The number of hydrogen-bond acceptors (Lipinski definition) is 2. The van der Waals surface area contributed by atoms with Gasteiger partial charge in [0.25, 0.3) is 0 Å². The maximum Gasteiger partial charge on any atom is 0.227 e. The van der Waals surface area contributed by atoms with E-state index in [1.54, 1.807) is 0 Å². The van der Waals surface area contributed by atoms with Crippen molar-refractivity contribution in [2.75, 3.05) is 26.2 Å². The molecule has 0 radical (unpaired) electrons. The van der Waals surface area contributed by atoms with Gasteiger partial charge in [-0.15, -0.1) is 0 Å². The molecule has 20 heavy (non-hydrogen) atoms. The summed E-state index contributed by atoms with van der Waals surface area (Å²) in [4.78, 5) is 17.6. The van der Waals surface area contributed by atoms with Crippen molar-refractivity contribution in [3.8, 4) is 0 Å². The monoisotopic (exact) mass is 271 g/mol. The molecule has 4 nitrogen and oxygen atoms in total. The molecule has 1 aromatic heterocycles. The Morgan fingerprint density at radius 2 is 2.10 bits per heavy atom. The van der Waals surface area contributed by atoms with Gasteiger partial charge in [-0.05, 0) is 29.7 Å². The minimum atomic E-state index is 0.231. The van der Waals surface area contributed by atoms with Gasteiger partial charge in [-0.2, -0.15) is 0 Å². The van der Waals surface area contributed by atoms with Gasteiger partial charge in [-0.3, -0.25) is 4.79 Å². The summed E-state index contributed by atoms with van der Waals surface area (Å²) in [6, 6.07) is 6.44. The van der Waals surface area contributed by atoms with Gasteiger partial charge in [-0.1, -0.05) is 13.0 Å². The molecule has 1 aliphatic rings. The first-order valence-electron chi connectivity index (χ1n) is 7.35. The summed E-state index contributed by atoms with van der Waals surface area (Å²) in [5.74, 6) is 0.231. The molecule has 1 saturated heterocycles. The summed E-state index contributed by atoms with van der Waals surface area (Å²) in [5, 5.41) is 4.46. The van der Waals surface area contributed by atoms with Crippen molar-refractivity contribution in [2.24, 2.45) is 0 Å². The minimum absolute atomic E-state index is 0.231. The quantitative estimate of drug-likeness (QED) is 0.892. The SMILES string of the molecule is CCc1ccc2[nH]cc(CC(=O)N3CCNCC3)c2c1. The van der Waals surface area contributed by atoms with E-state index in [4.69, 9.17) is 0 Å². The van der Waals surface area contributed by atoms with E-state index in [0.717, 1.165) is 43.7 Å². The van der Waals surface area contributed by atoms with Crippen molar-refractivity contribution < 1.29 is 4.79 Å². The highest BCUT2D eigenvalue weighted by molar-refractivity contribution is 5.89. The lowest BCUT2D eigenvalue weighted by Gasteiger charge is -2.27. The number of nitrogens with zero attached hydrogens (tertiary/aromatic N) is 1. The van der Waals surface area contributed by atoms with E-state index in [-0.39, 0.29) is 5.91 Å². The van der Waals surface area contributed by atoms with Crippen LogP contribution in [0.15, 0.2) is 24.4 Å². The Morgan fingerprint density at radius 1 is 1.30 bits per heavy atom. The molecule has 2 heterocycles. The second kappa shape index (κ2) is 5.67. The van der Waals surface area contributed by atoms with E-state index < -0.39 is 0 Å². The second-order valence-corrected chi connectivity index (χ2v) is 5.35. The number of hydrogen-bond donors (Lipinski definition) is 2. The van der Waals surface area contributed by atoms with Crippen LogP contribution in [0.2, 0.25) is 0 Å². The first-order valence-corrected chi connectivity index (χ1v) is 7.35. The van der Waals surface area contributed by atoms with E-state index in [1.165, 1.54) is 10.9 Å². The third-order valence-electron chi connectivity index (χ3n) is 4.05. The highest BCUT2D eigenvalue weighted by atomic mass is 16.2. The molecule has 1 amide bonds. The number of aryl methyl sites for hydroxylation is 1. The maximum absolute atomic E-state index is 12.3. The number of H-pyrrole nitrogens is 1. The predicted octanol–water partition coefficient (Wildman–Crippen LogP) is 1.70. The summed E-state index contributed by atoms with van der Waals surface area (Å²) in [6.07, 6.45) is 3.49. The zero-order valence-corrected chi connectivity index (χ0v) is 11.9. The molecule has 1 aliphatic heterocycles. The number of rotatable bonds is 3. The summed E-state index contributed by atoms with van der Waals surface area (Å²) in [5.41, 5.74) is 3.54. The normalized spacial score (nSPS) is 15.8. The number of nitrogens with one attached hydrogen (secondary N) is 2. The number of aromatic nitrogens is 1. The van der Waals surface area contributed by atoms with Crippen molar-refractivity contribution in [2.45, 2.75) is 19.8 Å². The van der Waals surface area contributed by atoms with Crippen molar-refractivity contribution in [3.63, 3.8) is 0 Å². The zero-order chi connectivity index (χ0) is 13.9. The predicted molar refractivity (Wildman–Crippen MR) is 80.8 cm³/mol. The van der Waals surface area contributed by atoms with Gasteiger partial charge in [0.1, 0.15) is 0 Å². The second-order valence-electron chi connectivity index (χ2n) is 5.35. The molecule has 0 saturated carbocycles. The van der Waals surface area contributed by atoms with Crippen LogP contribution >= 0.6 is 0 Å². The van der Waals surface area contributed by atoms with Crippen molar-refractivity contribution >= 4 is 16.8 Å². The van der Waals surface area contributed by atoms with E-state index in [0.29, 0.717) is 6.42 Å². The van der Waals surface area contributed by atoms with Crippen LogP contribution in [0.1, 0.15) is 18.1 Å². The number of carbonyl (C=O) groups is 1. The van der Waals surface area contributed by atoms with Crippen LogP contribution < -0.4 is 5.32 Å². The largest absolute Gasteiger partial charge is 0.361 e. The van der Waals surface area contributed by atoms with E-state index in [2.05, 4.69) is 35.4 Å². The molecular formula is C16H21N3O. The van der Waals surface area contributed by atoms with Gasteiger partial charge in [0.05, 0.1) is 6.42 Å². The molecule has 0 atom stereocenters. The molecular weight excluding hydrogens is 250 g/mol. The van der Waals surface area contributed by atoms with Crippen molar-refractivity contribution in [3.05, 3.63) is 35.5 Å². The van der Waals surface area contributed by atoms with E-state index in [9.17, 15) is 4.79 Å². The lowest BCUT2D eigenvalue weighted by atomic mass is 10.1. The van der Waals surface area contributed by atoms with Crippen molar-refractivity contribution in [1.82, 2.24) is 15.2 Å². The molecule has 0 spiro atoms. The van der Waals surface area contributed by atoms with Gasteiger partial charge in [0, 0.05) is 43.3 Å². The third kappa shape index (κ3) is 2.56. The Labute approximate surface area is 119 Å². The Hall–Kier alpha value is -1.81. The number of carbonyl (C=O) groups excluding carboxylic acids is 1. The van der Waals surface area contributed by atoms with E-state index in [1.807, 2.05) is 11.1 Å². The molecule has 0 unspecified atom stereocenters. The van der Waals surface area contributed by atoms with Gasteiger partial charge in [0.2, 0.25) is 5.91 Å². The first kappa shape index (κ1) is 13.2. The molecule has 4 heteroatoms. The molecule has 1 aromatic carbocycles. The number of fused-ring (bicyclic) bond motifs is 1. The molecule has 0 bridgehead atoms. The van der Waals surface area contributed by atoms with Crippen LogP contribution in [0.4, 0.5) is 0 Å². The Kier molecular flexibility index (Phi) is 3.74. The highest BCUT2D eigenvalue weighted by Crippen LogP contribution is 2.21. The van der Waals surface area contributed by atoms with Crippen LogP contribution in [0.25, 0.3) is 10.9 Å². The van der Waals surface area contributed by atoms with Crippen molar-refractivity contribution in [1.29, 1.82) is 0 Å². The topological polar surface area (TPSA) is 48.1 Å². The van der Waals surface area contributed by atoms with Crippen LogP contribution in [-0.2, 0) is 17.6 Å². The maximum atomic E-state index is 12.3. The molecule has 2 aromatic rings. The molecule has 106 valence electrons. The standard InChI is InChI=1S/C16H21N3O/c1-2-12-3-4-15-14(9-12)13(11-18-15)10-16(20)19-7-5-17-6-8-19/h3-4,9,11,17-18H,2,5-8,10H2,1H3. The smallest absolute Gasteiger partial charge is 0.227 e. The first-order chi connectivity index (χ1) is 9.78. The van der Waals surface area contributed by atoms with Gasteiger partial charge >= 0.3 is 0 Å². The van der Waals surface area contributed by atoms with Gasteiger partial charge < -0.3 is 15.2 Å². The lowest BCUT2D eigenvalue weighted by molar-refractivity contribution is -0.131. The zero-order valence-electron chi connectivity index (χ0n) is 11.9. The third-order valence-corrected chi connectivity index (χ3v) is 4.05. The fourth-order valence-electron chi connectivity index (χ4n) is 2.78. The summed E-state index contributed by atoms with van der Waals surface area (Å²) in [6.45, 7) is 5.60. The van der Waals surface area contributed by atoms with Gasteiger partial charge in [0.15, 0.2) is 0 Å². The summed E-state index contributed by atoms with van der Waals surface area (Å²) < 4.78 is 0. The van der Waals surface area contributed by atoms with Gasteiger partial charge in [-0.25, -0.2) is 0 Å². The van der Waals surface area contributed by atoms with E-state index >= 15 is 0 Å².